The molecule has 0 aliphatic carbocycles. The summed E-state index contributed by atoms with van der Waals surface area (Å²) >= 11 is 1.66. The third kappa shape index (κ3) is 4.01. The maximum absolute atomic E-state index is 11.8. The fourth-order valence-electron chi connectivity index (χ4n) is 2.37. The van der Waals surface area contributed by atoms with Crippen LogP contribution in [0, 0.1) is 0 Å². The van der Waals surface area contributed by atoms with E-state index in [1.54, 1.807) is 11.3 Å². The minimum atomic E-state index is 0.101. The Labute approximate surface area is 134 Å². The van der Waals surface area contributed by atoms with Crippen LogP contribution in [-0.4, -0.2) is 25.7 Å². The molecule has 0 radical (unpaired) electrons. The molecular formula is C17H19NO3S. The highest BCUT2D eigenvalue weighted by Crippen LogP contribution is 2.30. The standard InChI is InChI=1S/C17H19NO3S/c19-17(4-2-14-6-10-22-12-14)18-7-5-13-1-3-15-16(11-13)21-9-8-20-15/h1,3,6,10-12H,2,4-5,7-9H2,(H,18,19). The molecule has 5 heteroatoms. The van der Waals surface area contributed by atoms with Gasteiger partial charge in [-0.25, -0.2) is 0 Å². The molecule has 0 spiro atoms. The summed E-state index contributed by atoms with van der Waals surface area (Å²) in [6, 6.07) is 8.01. The predicted molar refractivity (Wildman–Crippen MR) is 86.8 cm³/mol. The lowest BCUT2D eigenvalue weighted by atomic mass is 10.1. The molecule has 2 aromatic rings. The van der Waals surface area contributed by atoms with Crippen molar-refractivity contribution >= 4 is 17.2 Å². The van der Waals surface area contributed by atoms with Gasteiger partial charge in [-0.05, 0) is 52.9 Å². The van der Waals surface area contributed by atoms with Crippen LogP contribution >= 0.6 is 11.3 Å². The predicted octanol–water partition coefficient (Wildman–Crippen LogP) is 2.81. The van der Waals surface area contributed by atoms with Gasteiger partial charge in [0.1, 0.15) is 13.2 Å². The summed E-state index contributed by atoms with van der Waals surface area (Å²) in [6.45, 7) is 1.84. The number of amides is 1. The Bertz CT molecular complexity index is 625. The molecule has 0 saturated heterocycles. The Morgan fingerprint density at radius 2 is 1.95 bits per heavy atom. The highest BCUT2D eigenvalue weighted by Gasteiger charge is 2.11. The number of fused-ring (bicyclic) bond motifs is 1. The van der Waals surface area contributed by atoms with Gasteiger partial charge in [-0.1, -0.05) is 6.07 Å². The molecule has 1 aromatic heterocycles. The summed E-state index contributed by atoms with van der Waals surface area (Å²) in [6.07, 6.45) is 2.14. The Morgan fingerprint density at radius 3 is 2.77 bits per heavy atom. The molecule has 1 amide bonds. The minimum absolute atomic E-state index is 0.101. The first-order chi connectivity index (χ1) is 10.8. The second kappa shape index (κ2) is 7.31. The molecule has 1 aliphatic heterocycles. The SMILES string of the molecule is O=C(CCc1ccsc1)NCCc1ccc2c(c1)OCCO2. The summed E-state index contributed by atoms with van der Waals surface area (Å²) in [7, 11) is 0. The second-order valence-corrected chi connectivity index (χ2v) is 5.99. The van der Waals surface area contributed by atoms with Crippen molar-refractivity contribution < 1.29 is 14.3 Å². The van der Waals surface area contributed by atoms with Crippen molar-refractivity contribution in [2.45, 2.75) is 19.3 Å². The van der Waals surface area contributed by atoms with E-state index >= 15 is 0 Å². The molecule has 0 unspecified atom stereocenters. The van der Waals surface area contributed by atoms with Crippen molar-refractivity contribution in [3.8, 4) is 11.5 Å². The number of aryl methyl sites for hydroxylation is 1. The molecule has 116 valence electrons. The van der Waals surface area contributed by atoms with Crippen LogP contribution in [0.3, 0.4) is 0 Å². The number of hydrogen-bond donors (Lipinski definition) is 1. The number of carbonyl (C=O) groups excluding carboxylic acids is 1. The summed E-state index contributed by atoms with van der Waals surface area (Å²) < 4.78 is 11.1. The van der Waals surface area contributed by atoms with Crippen LogP contribution in [0.25, 0.3) is 0 Å². The number of nitrogens with one attached hydrogen (secondary N) is 1. The molecule has 1 N–H and O–H groups in total. The van der Waals surface area contributed by atoms with E-state index in [4.69, 9.17) is 9.47 Å². The van der Waals surface area contributed by atoms with E-state index in [1.807, 2.05) is 23.6 Å². The molecular weight excluding hydrogens is 298 g/mol. The molecule has 2 heterocycles. The maximum Gasteiger partial charge on any atom is 0.220 e. The summed E-state index contributed by atoms with van der Waals surface area (Å²) in [5.74, 6) is 1.70. The Morgan fingerprint density at radius 1 is 1.09 bits per heavy atom. The quantitative estimate of drug-likeness (QED) is 0.891. The molecule has 22 heavy (non-hydrogen) atoms. The number of ether oxygens (including phenoxy) is 2. The van der Waals surface area contributed by atoms with Gasteiger partial charge in [0.2, 0.25) is 5.91 Å². The lowest BCUT2D eigenvalue weighted by Crippen LogP contribution is -2.25. The highest BCUT2D eigenvalue weighted by molar-refractivity contribution is 7.07. The summed E-state index contributed by atoms with van der Waals surface area (Å²) in [4.78, 5) is 11.8. The lowest BCUT2D eigenvalue weighted by Gasteiger charge is -2.18. The minimum Gasteiger partial charge on any atom is -0.486 e. The van der Waals surface area contributed by atoms with Crippen molar-refractivity contribution in [3.05, 3.63) is 46.2 Å². The molecule has 3 rings (SSSR count). The van der Waals surface area contributed by atoms with Crippen LogP contribution in [0.2, 0.25) is 0 Å². The van der Waals surface area contributed by atoms with Crippen molar-refractivity contribution in [1.82, 2.24) is 5.32 Å². The first-order valence-corrected chi connectivity index (χ1v) is 8.42. The topological polar surface area (TPSA) is 47.6 Å². The first kappa shape index (κ1) is 14.9. The number of hydrogen-bond acceptors (Lipinski definition) is 4. The Kier molecular flexibility index (Phi) is 4.96. The third-order valence-corrected chi connectivity index (χ3v) is 4.30. The van der Waals surface area contributed by atoms with Gasteiger partial charge in [0.05, 0.1) is 0 Å². The highest BCUT2D eigenvalue weighted by atomic mass is 32.1. The van der Waals surface area contributed by atoms with Gasteiger partial charge >= 0.3 is 0 Å². The fraction of sp³-hybridized carbons (Fsp3) is 0.353. The first-order valence-electron chi connectivity index (χ1n) is 7.47. The third-order valence-electron chi connectivity index (χ3n) is 3.56. The molecule has 0 atom stereocenters. The van der Waals surface area contributed by atoms with Crippen LogP contribution in [-0.2, 0) is 17.6 Å². The zero-order valence-electron chi connectivity index (χ0n) is 12.3. The lowest BCUT2D eigenvalue weighted by molar-refractivity contribution is -0.121. The summed E-state index contributed by atoms with van der Waals surface area (Å²) in [5.41, 5.74) is 2.37. The average Bonchev–Trinajstić information content (AvgIpc) is 3.06. The number of benzene rings is 1. The van der Waals surface area contributed by atoms with Gasteiger partial charge < -0.3 is 14.8 Å². The van der Waals surface area contributed by atoms with Crippen molar-refractivity contribution in [2.24, 2.45) is 0 Å². The molecule has 0 saturated carbocycles. The van der Waals surface area contributed by atoms with E-state index in [9.17, 15) is 4.79 Å². The van der Waals surface area contributed by atoms with Gasteiger partial charge in [-0.15, -0.1) is 0 Å². The van der Waals surface area contributed by atoms with E-state index < -0.39 is 0 Å². The van der Waals surface area contributed by atoms with E-state index in [2.05, 4.69) is 16.8 Å². The van der Waals surface area contributed by atoms with Crippen LogP contribution in [0.1, 0.15) is 17.5 Å². The van der Waals surface area contributed by atoms with Crippen molar-refractivity contribution in [2.75, 3.05) is 19.8 Å². The van der Waals surface area contributed by atoms with Crippen molar-refractivity contribution in [3.63, 3.8) is 0 Å². The van der Waals surface area contributed by atoms with E-state index in [-0.39, 0.29) is 5.91 Å². The normalized spacial score (nSPS) is 12.9. The summed E-state index contributed by atoms with van der Waals surface area (Å²) in [5, 5.41) is 7.09. The smallest absolute Gasteiger partial charge is 0.220 e. The van der Waals surface area contributed by atoms with Crippen LogP contribution < -0.4 is 14.8 Å². The largest absolute Gasteiger partial charge is 0.486 e. The molecule has 0 fully saturated rings. The van der Waals surface area contributed by atoms with Gasteiger partial charge in [-0.3, -0.25) is 4.79 Å². The Hall–Kier alpha value is -2.01. The molecule has 1 aliphatic rings. The number of rotatable bonds is 6. The van der Waals surface area contributed by atoms with Gasteiger partial charge in [-0.2, -0.15) is 11.3 Å². The monoisotopic (exact) mass is 317 g/mol. The van der Waals surface area contributed by atoms with Gasteiger partial charge in [0, 0.05) is 13.0 Å². The number of carbonyl (C=O) groups is 1. The molecule has 1 aromatic carbocycles. The van der Waals surface area contributed by atoms with E-state index in [1.165, 1.54) is 5.56 Å². The zero-order valence-corrected chi connectivity index (χ0v) is 13.2. The second-order valence-electron chi connectivity index (χ2n) is 5.21. The van der Waals surface area contributed by atoms with Gasteiger partial charge in [0.25, 0.3) is 0 Å². The van der Waals surface area contributed by atoms with Gasteiger partial charge in [0.15, 0.2) is 11.5 Å². The molecule has 0 bridgehead atoms. The van der Waals surface area contributed by atoms with Crippen LogP contribution in [0.15, 0.2) is 35.0 Å². The van der Waals surface area contributed by atoms with Crippen LogP contribution in [0.5, 0.6) is 11.5 Å². The van der Waals surface area contributed by atoms with E-state index in [0.29, 0.717) is 26.2 Å². The fourth-order valence-corrected chi connectivity index (χ4v) is 3.07. The van der Waals surface area contributed by atoms with Crippen molar-refractivity contribution in [1.29, 1.82) is 0 Å². The zero-order chi connectivity index (χ0) is 15.2. The Balaban J connectivity index is 1.41. The maximum atomic E-state index is 11.8. The van der Waals surface area contributed by atoms with E-state index in [0.717, 1.165) is 29.9 Å². The van der Waals surface area contributed by atoms with Crippen LogP contribution in [0.4, 0.5) is 0 Å². The average molecular weight is 317 g/mol. The number of thiophene rings is 1. The molecule has 4 nitrogen and oxygen atoms in total.